The second kappa shape index (κ2) is 5.38. The molecule has 0 saturated carbocycles. The second-order valence-corrected chi connectivity index (χ2v) is 3.61. The Kier molecular flexibility index (Phi) is 4.43. The standard InChI is InChI=1S/C9H12INO3/c10-5-11-4-9(14)6-1-2-7(12)8(13)3-6/h1-3,9,11-14H,4-5H2. The lowest BCUT2D eigenvalue weighted by Crippen LogP contribution is -2.19. The summed E-state index contributed by atoms with van der Waals surface area (Å²) in [4.78, 5) is 0. The Labute approximate surface area is 95.7 Å². The molecular weight excluding hydrogens is 297 g/mol. The van der Waals surface area contributed by atoms with Crippen LogP contribution in [-0.2, 0) is 0 Å². The molecule has 0 radical (unpaired) electrons. The van der Waals surface area contributed by atoms with E-state index in [1.54, 1.807) is 6.07 Å². The van der Waals surface area contributed by atoms with Gasteiger partial charge < -0.3 is 20.6 Å². The Bertz CT molecular complexity index is 306. The van der Waals surface area contributed by atoms with Gasteiger partial charge in [0.05, 0.1) is 6.10 Å². The van der Waals surface area contributed by atoms with Gasteiger partial charge in [-0.3, -0.25) is 0 Å². The van der Waals surface area contributed by atoms with Gasteiger partial charge in [-0.15, -0.1) is 0 Å². The van der Waals surface area contributed by atoms with Gasteiger partial charge in [0.25, 0.3) is 0 Å². The third-order valence-electron chi connectivity index (χ3n) is 1.82. The minimum Gasteiger partial charge on any atom is -0.504 e. The Hall–Kier alpha value is -0.530. The van der Waals surface area contributed by atoms with Crippen molar-refractivity contribution in [2.45, 2.75) is 6.10 Å². The summed E-state index contributed by atoms with van der Waals surface area (Å²) in [7, 11) is 0. The highest BCUT2D eigenvalue weighted by Gasteiger charge is 2.08. The Morgan fingerprint density at radius 1 is 1.29 bits per heavy atom. The molecule has 1 aromatic rings. The summed E-state index contributed by atoms with van der Waals surface area (Å²) in [6, 6.07) is 4.29. The first-order chi connectivity index (χ1) is 6.65. The van der Waals surface area contributed by atoms with Crippen molar-refractivity contribution in [2.75, 3.05) is 11.1 Å². The quantitative estimate of drug-likeness (QED) is 0.291. The van der Waals surface area contributed by atoms with Crippen LogP contribution in [0.3, 0.4) is 0 Å². The van der Waals surface area contributed by atoms with E-state index in [4.69, 9.17) is 5.11 Å². The highest BCUT2D eigenvalue weighted by atomic mass is 127. The van der Waals surface area contributed by atoms with Gasteiger partial charge >= 0.3 is 0 Å². The van der Waals surface area contributed by atoms with Crippen molar-refractivity contribution < 1.29 is 15.3 Å². The lowest BCUT2D eigenvalue weighted by Gasteiger charge is -2.11. The number of rotatable bonds is 4. The fourth-order valence-electron chi connectivity index (χ4n) is 1.06. The van der Waals surface area contributed by atoms with E-state index in [1.807, 2.05) is 0 Å². The molecule has 0 aliphatic heterocycles. The maximum absolute atomic E-state index is 9.61. The van der Waals surface area contributed by atoms with Crippen LogP contribution in [0.5, 0.6) is 11.5 Å². The molecule has 1 aromatic carbocycles. The number of aliphatic hydroxyl groups is 1. The molecule has 1 unspecified atom stereocenters. The summed E-state index contributed by atoms with van der Waals surface area (Å²) in [6.07, 6.45) is -0.670. The molecule has 0 amide bonds. The molecule has 0 spiro atoms. The van der Waals surface area contributed by atoms with E-state index in [9.17, 15) is 10.2 Å². The molecule has 78 valence electrons. The SMILES string of the molecule is Oc1ccc(C(O)CNCI)cc1O. The number of aromatic hydroxyl groups is 2. The van der Waals surface area contributed by atoms with Crippen molar-refractivity contribution in [3.8, 4) is 11.5 Å². The summed E-state index contributed by atoms with van der Waals surface area (Å²) < 4.78 is 0.749. The molecule has 14 heavy (non-hydrogen) atoms. The number of hydrogen-bond acceptors (Lipinski definition) is 4. The predicted molar refractivity (Wildman–Crippen MR) is 61.6 cm³/mol. The first kappa shape index (κ1) is 11.5. The number of aliphatic hydroxyl groups excluding tert-OH is 1. The minimum atomic E-state index is -0.670. The van der Waals surface area contributed by atoms with Crippen LogP contribution < -0.4 is 5.32 Å². The van der Waals surface area contributed by atoms with Gasteiger partial charge in [-0.25, -0.2) is 0 Å². The normalized spacial score (nSPS) is 12.7. The van der Waals surface area contributed by atoms with Gasteiger partial charge in [-0.1, -0.05) is 28.7 Å². The molecular formula is C9H12INO3. The van der Waals surface area contributed by atoms with Crippen molar-refractivity contribution in [3.05, 3.63) is 23.8 Å². The van der Waals surface area contributed by atoms with Gasteiger partial charge in [0.15, 0.2) is 11.5 Å². The lowest BCUT2D eigenvalue weighted by atomic mass is 10.1. The Morgan fingerprint density at radius 3 is 2.57 bits per heavy atom. The minimum absolute atomic E-state index is 0.178. The fourth-order valence-corrected chi connectivity index (χ4v) is 1.37. The third kappa shape index (κ3) is 3.00. The summed E-state index contributed by atoms with van der Waals surface area (Å²) in [5.41, 5.74) is 0.581. The summed E-state index contributed by atoms with van der Waals surface area (Å²) in [6.45, 7) is 0.424. The number of alkyl halides is 1. The van der Waals surface area contributed by atoms with E-state index < -0.39 is 6.10 Å². The van der Waals surface area contributed by atoms with E-state index in [1.165, 1.54) is 12.1 Å². The van der Waals surface area contributed by atoms with Crippen LogP contribution in [0.25, 0.3) is 0 Å². The van der Waals surface area contributed by atoms with Crippen LogP contribution in [0.1, 0.15) is 11.7 Å². The van der Waals surface area contributed by atoms with E-state index in [0.717, 1.165) is 4.55 Å². The second-order valence-electron chi connectivity index (χ2n) is 2.85. The van der Waals surface area contributed by atoms with Gasteiger partial charge in [0.1, 0.15) is 0 Å². The van der Waals surface area contributed by atoms with Gasteiger partial charge in [-0.05, 0) is 17.7 Å². The average Bonchev–Trinajstić information content (AvgIpc) is 2.18. The van der Waals surface area contributed by atoms with Crippen molar-refractivity contribution >= 4 is 22.6 Å². The number of benzene rings is 1. The van der Waals surface area contributed by atoms with Gasteiger partial charge in [0.2, 0.25) is 0 Å². The number of phenols is 2. The van der Waals surface area contributed by atoms with Crippen molar-refractivity contribution in [1.29, 1.82) is 0 Å². The molecule has 4 N–H and O–H groups in total. The molecule has 5 heteroatoms. The number of phenolic OH excluding ortho intramolecular Hbond substituents is 2. The smallest absolute Gasteiger partial charge is 0.157 e. The van der Waals surface area contributed by atoms with E-state index in [0.29, 0.717) is 12.1 Å². The summed E-state index contributed by atoms with van der Waals surface area (Å²) in [5, 5.41) is 30.8. The largest absolute Gasteiger partial charge is 0.504 e. The molecule has 0 aliphatic carbocycles. The molecule has 0 aromatic heterocycles. The lowest BCUT2D eigenvalue weighted by molar-refractivity contribution is 0.177. The first-order valence-electron chi connectivity index (χ1n) is 4.11. The molecule has 4 nitrogen and oxygen atoms in total. The average molecular weight is 309 g/mol. The monoisotopic (exact) mass is 309 g/mol. The predicted octanol–water partition coefficient (Wildman–Crippen LogP) is 1.11. The van der Waals surface area contributed by atoms with Crippen LogP contribution in [0.4, 0.5) is 0 Å². The number of halogens is 1. The topological polar surface area (TPSA) is 72.7 Å². The van der Waals surface area contributed by atoms with Crippen LogP contribution in [0, 0.1) is 0 Å². The first-order valence-corrected chi connectivity index (χ1v) is 5.64. The van der Waals surface area contributed by atoms with Crippen molar-refractivity contribution in [1.82, 2.24) is 5.32 Å². The zero-order valence-corrected chi connectivity index (χ0v) is 9.60. The summed E-state index contributed by atoms with van der Waals surface area (Å²) in [5.74, 6) is -0.390. The highest BCUT2D eigenvalue weighted by Crippen LogP contribution is 2.27. The van der Waals surface area contributed by atoms with E-state index >= 15 is 0 Å². The van der Waals surface area contributed by atoms with Gasteiger partial charge in [0, 0.05) is 11.1 Å². The molecule has 0 aliphatic rings. The maximum Gasteiger partial charge on any atom is 0.157 e. The van der Waals surface area contributed by atoms with Crippen LogP contribution >= 0.6 is 22.6 Å². The molecule has 1 rings (SSSR count). The summed E-state index contributed by atoms with van der Waals surface area (Å²) >= 11 is 2.14. The van der Waals surface area contributed by atoms with Crippen LogP contribution in [0.2, 0.25) is 0 Å². The molecule has 1 atom stereocenters. The van der Waals surface area contributed by atoms with E-state index in [-0.39, 0.29) is 11.5 Å². The molecule has 0 saturated heterocycles. The highest BCUT2D eigenvalue weighted by molar-refractivity contribution is 14.1. The number of hydrogen-bond donors (Lipinski definition) is 4. The van der Waals surface area contributed by atoms with Crippen molar-refractivity contribution in [2.24, 2.45) is 0 Å². The molecule has 0 fully saturated rings. The zero-order valence-electron chi connectivity index (χ0n) is 7.44. The van der Waals surface area contributed by atoms with Gasteiger partial charge in [-0.2, -0.15) is 0 Å². The molecule has 0 heterocycles. The van der Waals surface area contributed by atoms with E-state index in [2.05, 4.69) is 27.9 Å². The van der Waals surface area contributed by atoms with Crippen LogP contribution in [0.15, 0.2) is 18.2 Å². The maximum atomic E-state index is 9.61. The fraction of sp³-hybridized carbons (Fsp3) is 0.333. The number of nitrogens with one attached hydrogen (secondary N) is 1. The Morgan fingerprint density at radius 2 is 2.00 bits per heavy atom. The Balaban J connectivity index is 2.70. The van der Waals surface area contributed by atoms with Crippen molar-refractivity contribution in [3.63, 3.8) is 0 Å². The third-order valence-corrected chi connectivity index (χ3v) is 2.36. The zero-order chi connectivity index (χ0) is 10.6. The van der Waals surface area contributed by atoms with Crippen LogP contribution in [-0.4, -0.2) is 26.4 Å². The molecule has 0 bridgehead atoms.